The molecule has 1 aromatic carbocycles. The number of rotatable bonds is 17. The molecule has 3 rings (SSSR count). The van der Waals surface area contributed by atoms with Crippen LogP contribution < -0.4 is 10.6 Å². The topological polar surface area (TPSA) is 158 Å². The summed E-state index contributed by atoms with van der Waals surface area (Å²) in [6.07, 6.45) is 2.83. The summed E-state index contributed by atoms with van der Waals surface area (Å²) >= 11 is 1.18. The molecular weight excluding hydrogens is 659 g/mol. The second-order valence-electron chi connectivity index (χ2n) is 14.2. The lowest BCUT2D eigenvalue weighted by atomic mass is 9.94. The third kappa shape index (κ3) is 11.6. The Labute approximate surface area is 300 Å². The number of esters is 1. The van der Waals surface area contributed by atoms with Gasteiger partial charge < -0.3 is 25.4 Å². The Bertz CT molecular complexity index is 1450. The predicted octanol–water partition coefficient (Wildman–Crippen LogP) is 4.70. The van der Waals surface area contributed by atoms with Crippen LogP contribution in [-0.2, 0) is 30.3 Å². The number of hydrogen-bond donors (Lipinski definition) is 3. The molecule has 0 spiro atoms. The van der Waals surface area contributed by atoms with Gasteiger partial charge >= 0.3 is 11.9 Å². The Morgan fingerprint density at radius 3 is 2.28 bits per heavy atom. The molecule has 12 nitrogen and oxygen atoms in total. The number of carboxylic acid groups (broad SMARTS) is 1. The maximum Gasteiger partial charge on any atom is 0.306 e. The second kappa shape index (κ2) is 19.0. The van der Waals surface area contributed by atoms with E-state index in [9.17, 15) is 29.1 Å². The van der Waals surface area contributed by atoms with Crippen LogP contribution >= 0.6 is 11.3 Å². The minimum atomic E-state index is -0.945. The molecule has 1 aromatic heterocycles. The maximum absolute atomic E-state index is 14.0. The Morgan fingerprint density at radius 2 is 1.70 bits per heavy atom. The smallest absolute Gasteiger partial charge is 0.306 e. The fraction of sp³-hybridized carbons (Fsp3) is 0.622. The largest absolute Gasteiger partial charge is 0.481 e. The van der Waals surface area contributed by atoms with E-state index in [2.05, 4.69) is 15.6 Å². The van der Waals surface area contributed by atoms with E-state index in [1.165, 1.54) is 18.3 Å². The number of hydrogen-bond acceptors (Lipinski definition) is 9. The number of thiazole rings is 1. The zero-order valence-electron chi connectivity index (χ0n) is 30.7. The van der Waals surface area contributed by atoms with Gasteiger partial charge in [-0.1, -0.05) is 71.4 Å². The lowest BCUT2D eigenvalue weighted by Gasteiger charge is -2.37. The second-order valence-corrected chi connectivity index (χ2v) is 15.1. The van der Waals surface area contributed by atoms with E-state index >= 15 is 0 Å². The number of likely N-dealkylation sites (N-methyl/N-ethyl adjacent to an activating group) is 2. The molecule has 2 heterocycles. The van der Waals surface area contributed by atoms with Crippen LogP contribution in [0.15, 0.2) is 35.7 Å². The summed E-state index contributed by atoms with van der Waals surface area (Å²) in [7, 11) is 3.64. The quantitative estimate of drug-likeness (QED) is 0.198. The van der Waals surface area contributed by atoms with Crippen molar-refractivity contribution in [3.05, 3.63) is 52.0 Å². The first-order valence-electron chi connectivity index (χ1n) is 17.6. The zero-order chi connectivity index (χ0) is 37.1. The van der Waals surface area contributed by atoms with Crippen molar-refractivity contribution in [1.82, 2.24) is 25.4 Å². The van der Waals surface area contributed by atoms with Crippen LogP contribution in [0.1, 0.15) is 101 Å². The summed E-state index contributed by atoms with van der Waals surface area (Å²) in [5, 5.41) is 17.5. The maximum atomic E-state index is 14.0. The zero-order valence-corrected chi connectivity index (χ0v) is 31.5. The summed E-state index contributed by atoms with van der Waals surface area (Å²) in [6, 6.07) is 7.66. The predicted molar refractivity (Wildman–Crippen MR) is 192 cm³/mol. The summed E-state index contributed by atoms with van der Waals surface area (Å²) in [5.74, 6) is -3.19. The molecule has 0 saturated carbocycles. The highest BCUT2D eigenvalue weighted by Crippen LogP contribution is 2.31. The minimum absolute atomic E-state index is 0.0484. The molecule has 2 aromatic rings. The van der Waals surface area contributed by atoms with Crippen molar-refractivity contribution in [1.29, 1.82) is 0 Å². The van der Waals surface area contributed by atoms with Gasteiger partial charge in [-0.3, -0.25) is 28.9 Å². The third-order valence-corrected chi connectivity index (χ3v) is 10.4. The van der Waals surface area contributed by atoms with Gasteiger partial charge in [0.25, 0.3) is 5.91 Å². The van der Waals surface area contributed by atoms with Crippen LogP contribution in [0.4, 0.5) is 0 Å². The van der Waals surface area contributed by atoms with Gasteiger partial charge in [-0.2, -0.15) is 0 Å². The summed E-state index contributed by atoms with van der Waals surface area (Å²) < 4.78 is 5.74. The number of ether oxygens (including phenoxy) is 1. The van der Waals surface area contributed by atoms with Crippen LogP contribution in [0.25, 0.3) is 0 Å². The molecule has 13 heteroatoms. The minimum Gasteiger partial charge on any atom is -0.481 e. The van der Waals surface area contributed by atoms with Crippen molar-refractivity contribution in [3.63, 3.8) is 0 Å². The van der Waals surface area contributed by atoms with Crippen molar-refractivity contribution >= 4 is 41.0 Å². The Morgan fingerprint density at radius 1 is 1.02 bits per heavy atom. The molecule has 50 heavy (non-hydrogen) atoms. The van der Waals surface area contributed by atoms with E-state index < -0.39 is 48.0 Å². The highest BCUT2D eigenvalue weighted by molar-refractivity contribution is 7.09. The van der Waals surface area contributed by atoms with Crippen LogP contribution in [0, 0.1) is 17.8 Å². The lowest BCUT2D eigenvalue weighted by molar-refractivity contribution is -0.149. The molecule has 0 unspecified atom stereocenters. The molecule has 1 fully saturated rings. The average Bonchev–Trinajstić information content (AvgIpc) is 3.55. The van der Waals surface area contributed by atoms with E-state index in [-0.39, 0.29) is 48.2 Å². The van der Waals surface area contributed by atoms with Crippen molar-refractivity contribution in [2.75, 3.05) is 20.6 Å². The molecule has 3 N–H and O–H groups in total. The molecule has 276 valence electrons. The monoisotopic (exact) mass is 713 g/mol. The molecule has 1 aliphatic rings. The number of carboxylic acids is 1. The van der Waals surface area contributed by atoms with Crippen LogP contribution in [0.2, 0.25) is 0 Å². The molecule has 3 amide bonds. The summed E-state index contributed by atoms with van der Waals surface area (Å²) in [5.41, 5.74) is 1.09. The first-order valence-corrected chi connectivity index (χ1v) is 18.4. The van der Waals surface area contributed by atoms with Crippen LogP contribution in [0.5, 0.6) is 0 Å². The highest BCUT2D eigenvalue weighted by atomic mass is 32.1. The van der Waals surface area contributed by atoms with Gasteiger partial charge in [0.2, 0.25) is 11.8 Å². The molecule has 1 aliphatic heterocycles. The number of aromatic nitrogens is 1. The van der Waals surface area contributed by atoms with Gasteiger partial charge in [0, 0.05) is 37.9 Å². The van der Waals surface area contributed by atoms with Crippen LogP contribution in [0.3, 0.4) is 0 Å². The number of piperidine rings is 1. The van der Waals surface area contributed by atoms with E-state index in [1.54, 1.807) is 24.3 Å². The fourth-order valence-corrected chi connectivity index (χ4v) is 7.31. The number of amides is 3. The summed E-state index contributed by atoms with van der Waals surface area (Å²) in [6.45, 7) is 11.5. The van der Waals surface area contributed by atoms with E-state index in [4.69, 9.17) is 4.74 Å². The molecule has 0 radical (unpaired) electrons. The standard InChI is InChI=1S/C37H55N5O7S/c1-22(2)30(42(8)36(46)32(23(3)4)40-34(45)29-16-12-13-17-41(29)7)20-31(49-25(6)43)35-39-28(21-50-35)33(44)38-27(18-24(5)37(47)48)19-26-14-10-9-11-15-26/h9-11,14-15,21-24,27,29-32H,12-13,16-20H2,1-8H3,(H,38,44)(H,40,45)(H,47,48)/t24-,27+,29+,30+,31+,32-/m0/s1. The number of benzene rings is 1. The average molecular weight is 714 g/mol. The Balaban J connectivity index is 1.79. The van der Waals surface area contributed by atoms with Gasteiger partial charge in [-0.05, 0) is 56.7 Å². The van der Waals surface area contributed by atoms with Crippen molar-refractivity contribution in [3.8, 4) is 0 Å². The number of nitrogens with zero attached hydrogens (tertiary/aromatic N) is 3. The van der Waals surface area contributed by atoms with Gasteiger partial charge in [-0.25, -0.2) is 4.98 Å². The van der Waals surface area contributed by atoms with Gasteiger partial charge in [0.15, 0.2) is 6.10 Å². The molecule has 1 saturated heterocycles. The van der Waals surface area contributed by atoms with Crippen molar-refractivity contribution < 1.29 is 33.8 Å². The van der Waals surface area contributed by atoms with Gasteiger partial charge in [-0.15, -0.1) is 11.3 Å². The number of aliphatic carboxylic acids is 1. The van der Waals surface area contributed by atoms with Crippen LogP contribution in [-0.4, -0.2) is 94.4 Å². The first kappa shape index (κ1) is 40.6. The number of nitrogens with one attached hydrogen (secondary N) is 2. The molecule has 6 atom stereocenters. The van der Waals surface area contributed by atoms with Gasteiger partial charge in [0.1, 0.15) is 16.7 Å². The SMILES string of the molecule is CC(=O)O[C@H](C[C@H](C(C)C)N(C)C(=O)[C@@H](NC(=O)[C@H]1CCCCN1C)C(C)C)c1nc(C(=O)N[C@@H](Cc2ccccc2)C[C@H](C)C(=O)O)cs1. The molecule has 0 aliphatic carbocycles. The summed E-state index contributed by atoms with van der Waals surface area (Å²) in [4.78, 5) is 72.9. The first-order chi connectivity index (χ1) is 23.6. The van der Waals surface area contributed by atoms with E-state index in [0.29, 0.717) is 11.4 Å². The lowest BCUT2D eigenvalue weighted by Crippen LogP contribution is -2.57. The fourth-order valence-electron chi connectivity index (χ4n) is 6.47. The molecule has 0 bridgehead atoms. The van der Waals surface area contributed by atoms with E-state index in [1.807, 2.05) is 70.0 Å². The van der Waals surface area contributed by atoms with Crippen molar-refractivity contribution in [2.45, 2.75) is 110 Å². The number of carbonyl (C=O) groups is 5. The van der Waals surface area contributed by atoms with Crippen molar-refractivity contribution in [2.24, 2.45) is 17.8 Å². The van der Waals surface area contributed by atoms with Gasteiger partial charge in [0.05, 0.1) is 12.0 Å². The third-order valence-electron chi connectivity index (χ3n) is 9.43. The molecular formula is C37H55N5O7S. The van der Waals surface area contributed by atoms with E-state index in [0.717, 1.165) is 31.4 Å². The normalized spacial score (nSPS) is 18.1. The number of carbonyl (C=O) groups excluding carboxylic acids is 4. The highest BCUT2D eigenvalue weighted by Gasteiger charge is 2.37. The Kier molecular flexibility index (Phi) is 15.4. The number of likely N-dealkylation sites (tertiary alicyclic amines) is 1. The Hall–Kier alpha value is -3.84.